The first-order valence-corrected chi connectivity index (χ1v) is 7.20. The summed E-state index contributed by atoms with van der Waals surface area (Å²) in [7, 11) is 0. The number of nitrogens with one attached hydrogen (secondary N) is 1. The van der Waals surface area contributed by atoms with Crippen molar-refractivity contribution in [2.75, 3.05) is 0 Å². The Morgan fingerprint density at radius 1 is 1.24 bits per heavy atom. The van der Waals surface area contributed by atoms with E-state index in [9.17, 15) is 13.6 Å². The summed E-state index contributed by atoms with van der Waals surface area (Å²) in [6, 6.07) is 8.06. The molecule has 21 heavy (non-hydrogen) atoms. The Balaban J connectivity index is 2.21. The topological polar surface area (TPSA) is 29.1 Å². The third kappa shape index (κ3) is 3.47. The van der Waals surface area contributed by atoms with E-state index in [1.54, 1.807) is 19.1 Å². The van der Waals surface area contributed by atoms with Crippen LogP contribution in [-0.2, 0) is 0 Å². The molecule has 0 aliphatic heterocycles. The highest BCUT2D eigenvalue weighted by molar-refractivity contribution is 9.10. The molecule has 5 heteroatoms. The van der Waals surface area contributed by atoms with Gasteiger partial charge in [0.05, 0.1) is 6.04 Å². The van der Waals surface area contributed by atoms with E-state index in [2.05, 4.69) is 21.2 Å². The predicted octanol–water partition coefficient (Wildman–Crippen LogP) is 4.53. The fraction of sp³-hybridized carbons (Fsp3) is 0.188. The zero-order valence-corrected chi connectivity index (χ0v) is 13.2. The fourth-order valence-corrected chi connectivity index (χ4v) is 2.42. The van der Waals surface area contributed by atoms with Crippen LogP contribution in [0, 0.1) is 18.6 Å². The molecule has 0 bridgehead atoms. The highest BCUT2D eigenvalue weighted by Gasteiger charge is 2.17. The maximum Gasteiger partial charge on any atom is 0.252 e. The van der Waals surface area contributed by atoms with Gasteiger partial charge >= 0.3 is 0 Å². The first-order valence-electron chi connectivity index (χ1n) is 6.41. The number of benzene rings is 2. The van der Waals surface area contributed by atoms with Gasteiger partial charge in [-0.1, -0.05) is 28.1 Å². The zero-order valence-electron chi connectivity index (χ0n) is 11.6. The van der Waals surface area contributed by atoms with Crippen molar-refractivity contribution in [2.45, 2.75) is 19.9 Å². The molecular formula is C16H14BrF2NO. The average molecular weight is 354 g/mol. The summed E-state index contributed by atoms with van der Waals surface area (Å²) in [6.07, 6.45) is 0. The van der Waals surface area contributed by atoms with Crippen molar-refractivity contribution in [1.29, 1.82) is 0 Å². The van der Waals surface area contributed by atoms with Gasteiger partial charge in [-0.3, -0.25) is 4.79 Å². The first-order chi connectivity index (χ1) is 9.90. The second kappa shape index (κ2) is 6.35. The van der Waals surface area contributed by atoms with E-state index in [1.165, 1.54) is 12.1 Å². The van der Waals surface area contributed by atoms with Gasteiger partial charge < -0.3 is 5.32 Å². The molecule has 1 N–H and O–H groups in total. The lowest BCUT2D eigenvalue weighted by Gasteiger charge is -2.16. The van der Waals surface area contributed by atoms with E-state index >= 15 is 0 Å². The number of halogens is 3. The monoisotopic (exact) mass is 353 g/mol. The summed E-state index contributed by atoms with van der Waals surface area (Å²) < 4.78 is 27.4. The van der Waals surface area contributed by atoms with E-state index in [-0.39, 0.29) is 11.5 Å². The van der Waals surface area contributed by atoms with Crippen molar-refractivity contribution >= 4 is 21.8 Å². The van der Waals surface area contributed by atoms with Crippen LogP contribution in [0.1, 0.15) is 34.5 Å². The Bertz CT molecular complexity index is 688. The van der Waals surface area contributed by atoms with Crippen LogP contribution in [0.2, 0.25) is 0 Å². The Kier molecular flexibility index (Phi) is 4.73. The second-order valence-electron chi connectivity index (χ2n) is 4.77. The molecule has 0 aliphatic carbocycles. The first kappa shape index (κ1) is 15.6. The maximum absolute atomic E-state index is 13.7. The SMILES string of the molecule is Cc1c(Br)cccc1C(=O)NC(C)c1ccc(F)cc1F. The smallest absolute Gasteiger partial charge is 0.252 e. The Morgan fingerprint density at radius 2 is 1.95 bits per heavy atom. The predicted molar refractivity (Wildman–Crippen MR) is 81.1 cm³/mol. The molecule has 2 rings (SSSR count). The summed E-state index contributed by atoms with van der Waals surface area (Å²) in [4.78, 5) is 12.3. The molecule has 2 nitrogen and oxygen atoms in total. The van der Waals surface area contributed by atoms with Crippen LogP contribution in [0.4, 0.5) is 8.78 Å². The quantitative estimate of drug-likeness (QED) is 0.862. The summed E-state index contributed by atoms with van der Waals surface area (Å²) in [5.41, 5.74) is 1.57. The van der Waals surface area contributed by atoms with Gasteiger partial charge in [0, 0.05) is 21.7 Å². The van der Waals surface area contributed by atoms with Crippen LogP contribution in [0.3, 0.4) is 0 Å². The molecular weight excluding hydrogens is 340 g/mol. The van der Waals surface area contributed by atoms with Gasteiger partial charge in [0.15, 0.2) is 0 Å². The lowest BCUT2D eigenvalue weighted by atomic mass is 10.1. The summed E-state index contributed by atoms with van der Waals surface area (Å²) in [5.74, 6) is -1.61. The van der Waals surface area contributed by atoms with Crippen molar-refractivity contribution in [3.05, 3.63) is 69.2 Å². The van der Waals surface area contributed by atoms with Gasteiger partial charge in [-0.05, 0) is 37.6 Å². The minimum Gasteiger partial charge on any atom is -0.345 e. The summed E-state index contributed by atoms with van der Waals surface area (Å²) in [6.45, 7) is 3.48. The Labute approximate surface area is 130 Å². The molecule has 2 aromatic carbocycles. The van der Waals surface area contributed by atoms with E-state index < -0.39 is 17.7 Å². The number of amides is 1. The molecule has 110 valence electrons. The summed E-state index contributed by atoms with van der Waals surface area (Å²) >= 11 is 3.36. The molecule has 0 radical (unpaired) electrons. The third-order valence-corrected chi connectivity index (χ3v) is 4.15. The van der Waals surface area contributed by atoms with Crippen LogP contribution < -0.4 is 5.32 Å². The van der Waals surface area contributed by atoms with E-state index in [1.807, 2.05) is 13.0 Å². The highest BCUT2D eigenvalue weighted by atomic mass is 79.9. The Morgan fingerprint density at radius 3 is 2.62 bits per heavy atom. The largest absolute Gasteiger partial charge is 0.345 e. The van der Waals surface area contributed by atoms with Gasteiger partial charge in [0.2, 0.25) is 0 Å². The lowest BCUT2D eigenvalue weighted by molar-refractivity contribution is 0.0938. The van der Waals surface area contributed by atoms with Gasteiger partial charge in [0.25, 0.3) is 5.91 Å². The van der Waals surface area contributed by atoms with Gasteiger partial charge in [0.1, 0.15) is 11.6 Å². The number of hydrogen-bond donors (Lipinski definition) is 1. The van der Waals surface area contributed by atoms with Gasteiger partial charge in [-0.2, -0.15) is 0 Å². The van der Waals surface area contributed by atoms with Crippen molar-refractivity contribution in [3.63, 3.8) is 0 Å². The lowest BCUT2D eigenvalue weighted by Crippen LogP contribution is -2.28. The van der Waals surface area contributed by atoms with Crippen LogP contribution >= 0.6 is 15.9 Å². The zero-order chi connectivity index (χ0) is 15.6. The van der Waals surface area contributed by atoms with Crippen LogP contribution in [0.25, 0.3) is 0 Å². The average Bonchev–Trinajstić information content (AvgIpc) is 2.41. The van der Waals surface area contributed by atoms with E-state index in [0.29, 0.717) is 5.56 Å². The molecule has 0 heterocycles. The van der Waals surface area contributed by atoms with Crippen LogP contribution in [-0.4, -0.2) is 5.91 Å². The Hall–Kier alpha value is -1.75. The second-order valence-corrected chi connectivity index (χ2v) is 5.63. The normalized spacial score (nSPS) is 12.0. The van der Waals surface area contributed by atoms with Crippen LogP contribution in [0.15, 0.2) is 40.9 Å². The molecule has 0 spiro atoms. The minimum absolute atomic E-state index is 0.248. The van der Waals surface area contributed by atoms with Crippen LogP contribution in [0.5, 0.6) is 0 Å². The molecule has 0 saturated heterocycles. The number of hydrogen-bond acceptors (Lipinski definition) is 1. The highest BCUT2D eigenvalue weighted by Crippen LogP contribution is 2.22. The van der Waals surface area contributed by atoms with Crippen molar-refractivity contribution in [3.8, 4) is 0 Å². The number of rotatable bonds is 3. The standard InChI is InChI=1S/C16H14BrF2NO/c1-9-12(4-3-5-14(9)17)16(21)20-10(2)13-7-6-11(18)8-15(13)19/h3-8,10H,1-2H3,(H,20,21). The summed E-state index contributed by atoms with van der Waals surface area (Å²) in [5, 5.41) is 2.72. The fourth-order valence-electron chi connectivity index (χ4n) is 2.06. The van der Waals surface area contributed by atoms with E-state index in [0.717, 1.165) is 16.1 Å². The van der Waals surface area contributed by atoms with E-state index in [4.69, 9.17) is 0 Å². The maximum atomic E-state index is 13.7. The molecule has 0 aromatic heterocycles. The van der Waals surface area contributed by atoms with Gasteiger partial charge in [-0.25, -0.2) is 8.78 Å². The molecule has 1 amide bonds. The van der Waals surface area contributed by atoms with Crippen molar-refractivity contribution in [1.82, 2.24) is 5.32 Å². The van der Waals surface area contributed by atoms with Crippen molar-refractivity contribution in [2.24, 2.45) is 0 Å². The molecule has 1 unspecified atom stereocenters. The third-order valence-electron chi connectivity index (χ3n) is 3.29. The molecule has 2 aromatic rings. The molecule has 0 aliphatic rings. The minimum atomic E-state index is -0.672. The van der Waals surface area contributed by atoms with Crippen molar-refractivity contribution < 1.29 is 13.6 Å². The molecule has 1 atom stereocenters. The molecule has 0 saturated carbocycles. The van der Waals surface area contributed by atoms with Gasteiger partial charge in [-0.15, -0.1) is 0 Å². The molecule has 0 fully saturated rings. The number of carbonyl (C=O) groups is 1. The number of carbonyl (C=O) groups excluding carboxylic acids is 1.